The minimum Gasteiger partial charge on any atom is -0.370 e. The lowest BCUT2D eigenvalue weighted by Crippen LogP contribution is -2.21. The van der Waals surface area contributed by atoms with Crippen molar-refractivity contribution in [3.05, 3.63) is 11.4 Å². The van der Waals surface area contributed by atoms with Gasteiger partial charge in [0.2, 0.25) is 0 Å². The van der Waals surface area contributed by atoms with Crippen molar-refractivity contribution in [2.45, 2.75) is 46.5 Å². The molecule has 1 saturated heterocycles. The molecule has 21 heavy (non-hydrogen) atoms. The summed E-state index contributed by atoms with van der Waals surface area (Å²) in [6.45, 7) is 8.31. The Labute approximate surface area is 132 Å². The summed E-state index contributed by atoms with van der Waals surface area (Å²) in [7, 11) is 0. The van der Waals surface area contributed by atoms with Crippen LogP contribution in [0.4, 0.5) is 11.6 Å². The number of anilines is 2. The van der Waals surface area contributed by atoms with E-state index in [1.54, 1.807) is 0 Å². The normalized spacial score (nSPS) is 16.0. The standard InChI is InChI=1S/C16H28N4S/c1-4-6-14-19-15(17-5-2)12(3)16(20-14)18-11-13-7-9-21-10-8-13/h13H,4-11H2,1-3H3,(H2,17,18,19,20). The molecule has 0 unspecified atom stereocenters. The zero-order chi connectivity index (χ0) is 15.1. The first-order valence-corrected chi connectivity index (χ1v) is 9.33. The molecule has 2 N–H and O–H groups in total. The van der Waals surface area contributed by atoms with Gasteiger partial charge in [0.15, 0.2) is 0 Å². The number of thioether (sulfide) groups is 1. The lowest BCUT2D eigenvalue weighted by molar-refractivity contribution is 0.515. The van der Waals surface area contributed by atoms with Crippen LogP contribution in [0.3, 0.4) is 0 Å². The molecule has 1 fully saturated rings. The van der Waals surface area contributed by atoms with Crippen LogP contribution in [0.1, 0.15) is 44.5 Å². The second kappa shape index (κ2) is 8.47. The summed E-state index contributed by atoms with van der Waals surface area (Å²) in [5.74, 6) is 6.34. The van der Waals surface area contributed by atoms with E-state index < -0.39 is 0 Å². The molecule has 2 heterocycles. The van der Waals surface area contributed by atoms with Crippen molar-refractivity contribution in [3.8, 4) is 0 Å². The third-order valence-corrected chi connectivity index (χ3v) is 4.96. The molecule has 0 aromatic carbocycles. The highest BCUT2D eigenvalue weighted by molar-refractivity contribution is 7.99. The zero-order valence-electron chi connectivity index (χ0n) is 13.5. The first-order chi connectivity index (χ1) is 10.2. The first kappa shape index (κ1) is 16.4. The van der Waals surface area contributed by atoms with Gasteiger partial charge in [-0.1, -0.05) is 6.92 Å². The van der Waals surface area contributed by atoms with Crippen LogP contribution in [0.5, 0.6) is 0 Å². The molecule has 0 aliphatic carbocycles. The minimum absolute atomic E-state index is 0.790. The van der Waals surface area contributed by atoms with E-state index in [1.165, 1.54) is 24.3 Å². The molecular weight excluding hydrogens is 280 g/mol. The molecule has 0 bridgehead atoms. The maximum atomic E-state index is 4.72. The van der Waals surface area contributed by atoms with Crippen LogP contribution in [0.25, 0.3) is 0 Å². The Morgan fingerprint density at radius 2 is 1.76 bits per heavy atom. The molecule has 118 valence electrons. The summed E-state index contributed by atoms with van der Waals surface area (Å²) in [4.78, 5) is 9.36. The van der Waals surface area contributed by atoms with E-state index in [1.807, 2.05) is 0 Å². The minimum atomic E-state index is 0.790. The molecule has 0 saturated carbocycles. The molecule has 0 spiro atoms. The van der Waals surface area contributed by atoms with Crippen LogP contribution in [0.15, 0.2) is 0 Å². The number of rotatable bonds is 7. The SMILES string of the molecule is CCCc1nc(NCC)c(C)c(NCC2CCSCC2)n1. The van der Waals surface area contributed by atoms with Gasteiger partial charge in [0, 0.05) is 25.1 Å². The average Bonchev–Trinajstić information content (AvgIpc) is 2.50. The first-order valence-electron chi connectivity index (χ1n) is 8.17. The fourth-order valence-electron chi connectivity index (χ4n) is 2.60. The Morgan fingerprint density at radius 1 is 1.10 bits per heavy atom. The topological polar surface area (TPSA) is 49.8 Å². The van der Waals surface area contributed by atoms with Gasteiger partial charge in [-0.3, -0.25) is 0 Å². The maximum absolute atomic E-state index is 4.72. The molecular formula is C16H28N4S. The monoisotopic (exact) mass is 308 g/mol. The summed E-state index contributed by atoms with van der Waals surface area (Å²) in [6, 6.07) is 0. The van der Waals surface area contributed by atoms with Crippen molar-refractivity contribution < 1.29 is 0 Å². The van der Waals surface area contributed by atoms with Crippen LogP contribution < -0.4 is 10.6 Å². The van der Waals surface area contributed by atoms with Crippen molar-refractivity contribution in [1.29, 1.82) is 0 Å². The zero-order valence-corrected chi connectivity index (χ0v) is 14.4. The van der Waals surface area contributed by atoms with E-state index >= 15 is 0 Å². The highest BCUT2D eigenvalue weighted by Crippen LogP contribution is 2.25. The van der Waals surface area contributed by atoms with Crippen LogP contribution in [-0.4, -0.2) is 34.6 Å². The second-order valence-corrected chi connectivity index (χ2v) is 6.90. The third-order valence-electron chi connectivity index (χ3n) is 3.91. The van der Waals surface area contributed by atoms with Gasteiger partial charge in [0.05, 0.1) is 0 Å². The van der Waals surface area contributed by atoms with E-state index in [0.29, 0.717) is 0 Å². The fraction of sp³-hybridized carbons (Fsp3) is 0.750. The summed E-state index contributed by atoms with van der Waals surface area (Å²) >= 11 is 2.08. The number of nitrogens with zero attached hydrogens (tertiary/aromatic N) is 2. The third kappa shape index (κ3) is 4.77. The molecule has 1 aliphatic heterocycles. The Hall–Kier alpha value is -0.970. The largest absolute Gasteiger partial charge is 0.370 e. The van der Waals surface area contributed by atoms with Gasteiger partial charge in [0.25, 0.3) is 0 Å². The summed E-state index contributed by atoms with van der Waals surface area (Å²) in [5, 5.41) is 6.94. The molecule has 5 heteroatoms. The maximum Gasteiger partial charge on any atom is 0.134 e. The molecule has 1 aliphatic rings. The van der Waals surface area contributed by atoms with E-state index in [2.05, 4.69) is 48.2 Å². The van der Waals surface area contributed by atoms with E-state index in [-0.39, 0.29) is 0 Å². The number of aromatic nitrogens is 2. The quantitative estimate of drug-likeness (QED) is 0.804. The second-order valence-electron chi connectivity index (χ2n) is 5.68. The molecule has 1 aromatic rings. The van der Waals surface area contributed by atoms with Gasteiger partial charge in [-0.25, -0.2) is 9.97 Å². The molecule has 2 rings (SSSR count). The van der Waals surface area contributed by atoms with E-state index in [0.717, 1.165) is 54.9 Å². The lowest BCUT2D eigenvalue weighted by atomic mass is 10.0. The van der Waals surface area contributed by atoms with Crippen molar-refractivity contribution in [1.82, 2.24) is 9.97 Å². The predicted octanol–water partition coefficient (Wildman–Crippen LogP) is 3.72. The van der Waals surface area contributed by atoms with Crippen LogP contribution in [0, 0.1) is 12.8 Å². The molecule has 0 radical (unpaired) electrons. The van der Waals surface area contributed by atoms with Gasteiger partial charge >= 0.3 is 0 Å². The fourth-order valence-corrected chi connectivity index (χ4v) is 3.81. The highest BCUT2D eigenvalue weighted by atomic mass is 32.2. The molecule has 4 nitrogen and oxygen atoms in total. The van der Waals surface area contributed by atoms with Crippen LogP contribution in [0.2, 0.25) is 0 Å². The van der Waals surface area contributed by atoms with E-state index in [9.17, 15) is 0 Å². The lowest BCUT2D eigenvalue weighted by Gasteiger charge is -2.22. The van der Waals surface area contributed by atoms with Gasteiger partial charge in [-0.15, -0.1) is 0 Å². The highest BCUT2D eigenvalue weighted by Gasteiger charge is 2.15. The summed E-state index contributed by atoms with van der Waals surface area (Å²) < 4.78 is 0. The smallest absolute Gasteiger partial charge is 0.134 e. The van der Waals surface area contributed by atoms with Gasteiger partial charge in [-0.2, -0.15) is 11.8 Å². The molecule has 0 amide bonds. The Balaban J connectivity index is 2.08. The van der Waals surface area contributed by atoms with E-state index in [4.69, 9.17) is 4.98 Å². The summed E-state index contributed by atoms with van der Waals surface area (Å²) in [6.07, 6.45) is 4.66. The van der Waals surface area contributed by atoms with Crippen molar-refractivity contribution in [2.75, 3.05) is 35.2 Å². The number of nitrogens with one attached hydrogen (secondary N) is 2. The molecule has 1 aromatic heterocycles. The van der Waals surface area contributed by atoms with Crippen molar-refractivity contribution in [2.24, 2.45) is 5.92 Å². The molecule has 0 atom stereocenters. The van der Waals surface area contributed by atoms with Gasteiger partial charge in [-0.05, 0) is 50.5 Å². The van der Waals surface area contributed by atoms with Gasteiger partial charge < -0.3 is 10.6 Å². The number of hydrogen-bond acceptors (Lipinski definition) is 5. The Kier molecular flexibility index (Phi) is 6.61. The number of aryl methyl sites for hydroxylation is 1. The Bertz CT molecular complexity index is 444. The van der Waals surface area contributed by atoms with Gasteiger partial charge in [0.1, 0.15) is 17.5 Å². The van der Waals surface area contributed by atoms with Crippen LogP contribution in [-0.2, 0) is 6.42 Å². The number of hydrogen-bond donors (Lipinski definition) is 2. The van der Waals surface area contributed by atoms with Crippen LogP contribution >= 0.6 is 11.8 Å². The summed E-state index contributed by atoms with van der Waals surface area (Å²) in [5.41, 5.74) is 1.14. The van der Waals surface area contributed by atoms with Crippen molar-refractivity contribution >= 4 is 23.4 Å². The Morgan fingerprint density at radius 3 is 2.38 bits per heavy atom. The predicted molar refractivity (Wildman–Crippen MR) is 93.5 cm³/mol. The van der Waals surface area contributed by atoms with Crippen molar-refractivity contribution in [3.63, 3.8) is 0 Å². The average molecular weight is 308 g/mol.